The Morgan fingerprint density at radius 3 is 2.36 bits per heavy atom. The third kappa shape index (κ3) is 3.92. The van der Waals surface area contributed by atoms with Crippen LogP contribution in [0.4, 0.5) is 0 Å². The molecule has 2 unspecified atom stereocenters. The monoisotopic (exact) mass is 320 g/mol. The molecule has 1 N–H and O–H groups in total. The summed E-state index contributed by atoms with van der Waals surface area (Å²) in [5.74, 6) is 0.486. The van der Waals surface area contributed by atoms with Gasteiger partial charge in [-0.2, -0.15) is 0 Å². The van der Waals surface area contributed by atoms with Crippen LogP contribution in [0.5, 0.6) is 0 Å². The predicted octanol–water partition coefficient (Wildman–Crippen LogP) is 3.86. The van der Waals surface area contributed by atoms with Gasteiger partial charge >= 0.3 is 0 Å². The Bertz CT molecular complexity index is 522. The summed E-state index contributed by atoms with van der Waals surface area (Å²) in [5, 5.41) is 10.8. The van der Waals surface area contributed by atoms with Gasteiger partial charge in [0.1, 0.15) is 6.17 Å². The van der Waals surface area contributed by atoms with E-state index in [-0.39, 0.29) is 12.8 Å². The number of aliphatic hydroxyl groups is 1. The highest BCUT2D eigenvalue weighted by atomic mass is 32.2. The Morgan fingerprint density at radius 1 is 1.23 bits per heavy atom. The van der Waals surface area contributed by atoms with E-state index in [1.165, 1.54) is 16.0 Å². The second kappa shape index (κ2) is 7.62. The van der Waals surface area contributed by atoms with Crippen LogP contribution >= 0.6 is 11.8 Å². The first kappa shape index (κ1) is 17.5. The van der Waals surface area contributed by atoms with Gasteiger partial charge in [0.25, 0.3) is 0 Å². The van der Waals surface area contributed by atoms with Crippen LogP contribution < -0.4 is 0 Å². The molecule has 0 fully saturated rings. The molecule has 0 aromatic heterocycles. The van der Waals surface area contributed by atoms with Crippen LogP contribution in [0, 0.1) is 19.8 Å². The summed E-state index contributed by atoms with van der Waals surface area (Å²) in [6, 6.07) is 6.94. The van der Waals surface area contributed by atoms with Crippen LogP contribution in [-0.2, 0) is 0 Å². The minimum absolute atomic E-state index is 0.0826. The van der Waals surface area contributed by atoms with Crippen molar-refractivity contribution in [3.8, 4) is 0 Å². The molecule has 22 heavy (non-hydrogen) atoms. The van der Waals surface area contributed by atoms with Crippen molar-refractivity contribution in [2.75, 3.05) is 13.2 Å². The van der Waals surface area contributed by atoms with Crippen molar-refractivity contribution in [3.05, 3.63) is 29.3 Å². The van der Waals surface area contributed by atoms with Gasteiger partial charge in [-0.05, 0) is 49.4 Å². The number of aliphatic imine (C=N–C) groups is 1. The van der Waals surface area contributed by atoms with Crippen LogP contribution in [0.25, 0.3) is 0 Å². The van der Waals surface area contributed by atoms with Crippen molar-refractivity contribution in [1.29, 1.82) is 0 Å². The first-order valence-electron chi connectivity index (χ1n) is 8.16. The van der Waals surface area contributed by atoms with Gasteiger partial charge in [-0.1, -0.05) is 38.6 Å². The Morgan fingerprint density at radius 2 is 1.86 bits per heavy atom. The molecule has 3 nitrogen and oxygen atoms in total. The van der Waals surface area contributed by atoms with Crippen molar-refractivity contribution < 1.29 is 5.11 Å². The summed E-state index contributed by atoms with van der Waals surface area (Å²) in [5.41, 5.74) is 2.57. The van der Waals surface area contributed by atoms with Gasteiger partial charge in [-0.15, -0.1) is 0 Å². The third-order valence-corrected chi connectivity index (χ3v) is 4.99. The molecule has 0 radical (unpaired) electrons. The molecule has 0 spiro atoms. The van der Waals surface area contributed by atoms with Crippen molar-refractivity contribution >= 4 is 16.8 Å². The molecule has 122 valence electrons. The number of rotatable bonds is 5. The molecule has 4 heteroatoms. The standard InChI is InChI=1S/C18H28N2OS/c1-6-7-20-16(11-21)19-18(17(20)12(2)3)22-15-9-13(4)8-14(5)10-15/h8-10,12,16-17,21H,6-7,11H2,1-5H3. The van der Waals surface area contributed by atoms with Gasteiger partial charge in [-0.3, -0.25) is 9.89 Å². The van der Waals surface area contributed by atoms with Crippen molar-refractivity contribution in [1.82, 2.24) is 4.90 Å². The molecule has 0 saturated carbocycles. The lowest BCUT2D eigenvalue weighted by molar-refractivity contribution is 0.112. The average Bonchev–Trinajstić information content (AvgIpc) is 2.75. The van der Waals surface area contributed by atoms with E-state index in [1.54, 1.807) is 11.8 Å². The second-order valence-corrected chi connectivity index (χ2v) is 7.58. The molecule has 1 aromatic carbocycles. The largest absolute Gasteiger partial charge is 0.393 e. The lowest BCUT2D eigenvalue weighted by atomic mass is 10.0. The molecule has 0 aliphatic carbocycles. The van der Waals surface area contributed by atoms with E-state index < -0.39 is 0 Å². The SMILES string of the molecule is CCCN1C(CO)N=C(Sc2cc(C)cc(C)c2)C1C(C)C. The lowest BCUT2D eigenvalue weighted by Gasteiger charge is -2.31. The number of hydrogen-bond acceptors (Lipinski definition) is 4. The highest BCUT2D eigenvalue weighted by Crippen LogP contribution is 2.33. The van der Waals surface area contributed by atoms with Crippen LogP contribution in [0.2, 0.25) is 0 Å². The van der Waals surface area contributed by atoms with Crippen LogP contribution in [-0.4, -0.2) is 40.4 Å². The first-order chi connectivity index (χ1) is 10.5. The molecular weight excluding hydrogens is 292 g/mol. The third-order valence-electron chi connectivity index (χ3n) is 3.96. The number of hydrogen-bond donors (Lipinski definition) is 1. The summed E-state index contributed by atoms with van der Waals surface area (Å²) >= 11 is 1.76. The van der Waals surface area contributed by atoms with E-state index in [4.69, 9.17) is 4.99 Å². The van der Waals surface area contributed by atoms with E-state index >= 15 is 0 Å². The van der Waals surface area contributed by atoms with E-state index in [1.807, 2.05) is 0 Å². The Hall–Kier alpha value is -0.840. The maximum Gasteiger partial charge on any atom is 0.127 e. The van der Waals surface area contributed by atoms with E-state index in [9.17, 15) is 5.11 Å². The Kier molecular flexibility index (Phi) is 6.07. The van der Waals surface area contributed by atoms with Gasteiger partial charge in [-0.25, -0.2) is 0 Å². The quantitative estimate of drug-likeness (QED) is 0.895. The highest BCUT2D eigenvalue weighted by Gasteiger charge is 2.37. The Labute approximate surface area is 138 Å². The molecule has 2 rings (SSSR count). The van der Waals surface area contributed by atoms with Crippen molar-refractivity contribution in [3.63, 3.8) is 0 Å². The predicted molar refractivity (Wildman–Crippen MR) is 95.7 cm³/mol. The maximum atomic E-state index is 9.68. The van der Waals surface area contributed by atoms with Crippen molar-refractivity contribution in [2.45, 2.75) is 58.1 Å². The minimum Gasteiger partial charge on any atom is -0.393 e. The number of benzene rings is 1. The van der Waals surface area contributed by atoms with Crippen LogP contribution in [0.3, 0.4) is 0 Å². The van der Waals surface area contributed by atoms with E-state index in [0.29, 0.717) is 12.0 Å². The molecule has 0 saturated heterocycles. The van der Waals surface area contributed by atoms with Gasteiger partial charge in [0.05, 0.1) is 17.7 Å². The smallest absolute Gasteiger partial charge is 0.127 e. The highest BCUT2D eigenvalue weighted by molar-refractivity contribution is 8.14. The van der Waals surface area contributed by atoms with Gasteiger partial charge in [0, 0.05) is 11.4 Å². The summed E-state index contributed by atoms with van der Waals surface area (Å²) in [6.45, 7) is 12.0. The van der Waals surface area contributed by atoms with Gasteiger partial charge in [0.2, 0.25) is 0 Å². The summed E-state index contributed by atoms with van der Waals surface area (Å²) in [7, 11) is 0. The van der Waals surface area contributed by atoms with E-state index in [0.717, 1.165) is 18.0 Å². The molecule has 1 aliphatic heterocycles. The maximum absolute atomic E-state index is 9.68. The number of nitrogens with zero attached hydrogens (tertiary/aromatic N) is 2. The molecule has 1 aromatic rings. The fourth-order valence-corrected chi connectivity index (χ4v) is 4.62. The lowest BCUT2D eigenvalue weighted by Crippen LogP contribution is -2.44. The molecule has 1 heterocycles. The molecule has 0 amide bonds. The normalized spacial score (nSPS) is 22.4. The number of aryl methyl sites for hydroxylation is 2. The second-order valence-electron chi connectivity index (χ2n) is 6.48. The fourth-order valence-electron chi connectivity index (χ4n) is 3.18. The molecule has 1 aliphatic rings. The summed E-state index contributed by atoms with van der Waals surface area (Å²) in [4.78, 5) is 8.42. The van der Waals surface area contributed by atoms with Gasteiger partial charge < -0.3 is 5.11 Å². The topological polar surface area (TPSA) is 35.8 Å². The van der Waals surface area contributed by atoms with Gasteiger partial charge in [0.15, 0.2) is 0 Å². The zero-order valence-corrected chi connectivity index (χ0v) is 15.2. The van der Waals surface area contributed by atoms with E-state index in [2.05, 4.69) is 57.7 Å². The molecule has 2 atom stereocenters. The number of thioether (sulfide) groups is 1. The zero-order chi connectivity index (χ0) is 16.3. The first-order valence-corrected chi connectivity index (χ1v) is 8.98. The van der Waals surface area contributed by atoms with Crippen LogP contribution in [0.1, 0.15) is 38.3 Å². The summed E-state index contributed by atoms with van der Waals surface area (Å²) in [6.07, 6.45) is 0.997. The number of aliphatic hydroxyl groups excluding tert-OH is 1. The van der Waals surface area contributed by atoms with Crippen molar-refractivity contribution in [2.24, 2.45) is 10.9 Å². The molecular formula is C18H28N2OS. The average molecular weight is 321 g/mol. The minimum atomic E-state index is -0.0826. The van der Waals surface area contributed by atoms with Crippen LogP contribution in [0.15, 0.2) is 28.1 Å². The molecule has 0 bridgehead atoms. The Balaban J connectivity index is 2.26. The summed E-state index contributed by atoms with van der Waals surface area (Å²) < 4.78 is 0. The fraction of sp³-hybridized carbons (Fsp3) is 0.611. The zero-order valence-electron chi connectivity index (χ0n) is 14.3.